The lowest BCUT2D eigenvalue weighted by Crippen LogP contribution is -2.48. The highest BCUT2D eigenvalue weighted by Crippen LogP contribution is 2.23. The Hall–Kier alpha value is -1.73. The predicted octanol–water partition coefficient (Wildman–Crippen LogP) is 1.45. The van der Waals surface area contributed by atoms with Crippen LogP contribution in [-0.4, -0.2) is 39.8 Å². The largest absolute Gasteiger partial charge is 0.337 e. The molecule has 1 amide bonds. The van der Waals surface area contributed by atoms with Crippen LogP contribution in [0.2, 0.25) is 5.15 Å². The average molecular weight is 299 g/mol. The molecule has 2 unspecified atom stereocenters. The Bertz CT molecular complexity index is 542. The number of carbonyl (C=O) groups is 1. The zero-order valence-electron chi connectivity index (χ0n) is 11.0. The monoisotopic (exact) mass is 298 g/mol. The number of hydrogen-bond acceptors (Lipinski definition) is 5. The molecule has 0 spiro atoms. The van der Waals surface area contributed by atoms with Crippen LogP contribution in [0.25, 0.3) is 0 Å². The summed E-state index contributed by atoms with van der Waals surface area (Å²) in [5.74, 6) is -0.0821. The molecule has 108 valence electrons. The standard InChI is InChI=1S/C12H15ClN4O3/c1-7-2-8(14)6-16(5-7)12(18)10-3-9(17(19)20)4-15-11(10)13/h3-4,7-8H,2,5-6,14H2,1H3. The van der Waals surface area contributed by atoms with E-state index in [4.69, 9.17) is 17.3 Å². The molecule has 2 heterocycles. The molecule has 7 nitrogen and oxygen atoms in total. The molecule has 1 saturated heterocycles. The van der Waals surface area contributed by atoms with Crippen molar-refractivity contribution in [3.8, 4) is 0 Å². The molecule has 0 radical (unpaired) electrons. The first-order valence-corrected chi connectivity index (χ1v) is 6.61. The number of likely N-dealkylation sites (tertiary alicyclic amines) is 1. The molecule has 1 aromatic heterocycles. The van der Waals surface area contributed by atoms with Gasteiger partial charge in [0.1, 0.15) is 11.3 Å². The lowest BCUT2D eigenvalue weighted by Gasteiger charge is -2.34. The fraction of sp³-hybridized carbons (Fsp3) is 0.500. The van der Waals surface area contributed by atoms with E-state index in [9.17, 15) is 14.9 Å². The van der Waals surface area contributed by atoms with Crippen LogP contribution in [0.1, 0.15) is 23.7 Å². The van der Waals surface area contributed by atoms with Gasteiger partial charge in [-0.05, 0) is 12.3 Å². The molecule has 8 heteroatoms. The minimum atomic E-state index is -0.606. The van der Waals surface area contributed by atoms with E-state index in [2.05, 4.69) is 4.98 Å². The lowest BCUT2D eigenvalue weighted by molar-refractivity contribution is -0.385. The first kappa shape index (κ1) is 14.7. The van der Waals surface area contributed by atoms with Crippen molar-refractivity contribution in [2.45, 2.75) is 19.4 Å². The van der Waals surface area contributed by atoms with Gasteiger partial charge in [0.15, 0.2) is 0 Å². The molecular weight excluding hydrogens is 284 g/mol. The number of rotatable bonds is 2. The Kier molecular flexibility index (Phi) is 4.20. The van der Waals surface area contributed by atoms with Crippen LogP contribution in [0.4, 0.5) is 5.69 Å². The van der Waals surface area contributed by atoms with Crippen molar-refractivity contribution in [1.29, 1.82) is 0 Å². The van der Waals surface area contributed by atoms with Crippen LogP contribution < -0.4 is 5.73 Å². The number of nitrogens with two attached hydrogens (primary N) is 1. The fourth-order valence-electron chi connectivity index (χ4n) is 2.42. The highest BCUT2D eigenvalue weighted by molar-refractivity contribution is 6.32. The Morgan fingerprint density at radius 3 is 2.90 bits per heavy atom. The Balaban J connectivity index is 2.28. The molecule has 2 rings (SSSR count). The average Bonchev–Trinajstić information content (AvgIpc) is 2.37. The van der Waals surface area contributed by atoms with Gasteiger partial charge in [-0.15, -0.1) is 0 Å². The second-order valence-electron chi connectivity index (χ2n) is 5.10. The topological polar surface area (TPSA) is 102 Å². The van der Waals surface area contributed by atoms with Crippen molar-refractivity contribution in [1.82, 2.24) is 9.88 Å². The number of hydrogen-bond donors (Lipinski definition) is 1. The van der Waals surface area contributed by atoms with E-state index in [-0.39, 0.29) is 34.3 Å². The van der Waals surface area contributed by atoms with E-state index in [0.29, 0.717) is 13.1 Å². The summed E-state index contributed by atoms with van der Waals surface area (Å²) in [6, 6.07) is 1.07. The highest BCUT2D eigenvalue weighted by Gasteiger charge is 2.28. The van der Waals surface area contributed by atoms with E-state index in [1.807, 2.05) is 6.92 Å². The smallest absolute Gasteiger partial charge is 0.288 e. The number of pyridine rings is 1. The number of nitro groups is 1. The molecule has 0 saturated carbocycles. The number of aromatic nitrogens is 1. The first-order chi connectivity index (χ1) is 9.38. The quantitative estimate of drug-likeness (QED) is 0.506. The van der Waals surface area contributed by atoms with Crippen molar-refractivity contribution in [2.75, 3.05) is 13.1 Å². The molecule has 2 atom stereocenters. The molecule has 0 bridgehead atoms. The number of amides is 1. The maximum atomic E-state index is 12.4. The van der Waals surface area contributed by atoms with Gasteiger partial charge in [-0.3, -0.25) is 14.9 Å². The maximum absolute atomic E-state index is 12.4. The number of piperidine rings is 1. The van der Waals surface area contributed by atoms with Gasteiger partial charge in [-0.2, -0.15) is 0 Å². The van der Waals surface area contributed by atoms with Crippen LogP contribution in [0, 0.1) is 16.0 Å². The molecular formula is C12H15ClN4O3. The third-order valence-electron chi connectivity index (χ3n) is 3.25. The normalized spacial score (nSPS) is 22.6. The SMILES string of the molecule is CC1CC(N)CN(C(=O)c2cc([N+](=O)[O-])cnc2Cl)C1. The lowest BCUT2D eigenvalue weighted by atomic mass is 9.96. The van der Waals surface area contributed by atoms with Gasteiger partial charge < -0.3 is 10.6 Å². The summed E-state index contributed by atoms with van der Waals surface area (Å²) in [7, 11) is 0. The van der Waals surface area contributed by atoms with Crippen molar-refractivity contribution in [3.63, 3.8) is 0 Å². The minimum Gasteiger partial charge on any atom is -0.337 e. The van der Waals surface area contributed by atoms with Gasteiger partial charge in [-0.25, -0.2) is 4.98 Å². The van der Waals surface area contributed by atoms with E-state index >= 15 is 0 Å². The molecule has 20 heavy (non-hydrogen) atoms. The van der Waals surface area contributed by atoms with Gasteiger partial charge in [0.05, 0.1) is 10.5 Å². The molecule has 0 aliphatic carbocycles. The van der Waals surface area contributed by atoms with E-state index in [1.54, 1.807) is 4.90 Å². The van der Waals surface area contributed by atoms with Gasteiger partial charge in [0, 0.05) is 25.2 Å². The summed E-state index contributed by atoms with van der Waals surface area (Å²) in [5.41, 5.74) is 5.68. The van der Waals surface area contributed by atoms with Crippen LogP contribution in [-0.2, 0) is 0 Å². The summed E-state index contributed by atoms with van der Waals surface area (Å²) >= 11 is 5.88. The van der Waals surface area contributed by atoms with E-state index in [1.165, 1.54) is 0 Å². The Morgan fingerprint density at radius 2 is 2.30 bits per heavy atom. The van der Waals surface area contributed by atoms with Crippen LogP contribution in [0.15, 0.2) is 12.3 Å². The van der Waals surface area contributed by atoms with Crippen molar-refractivity contribution in [2.24, 2.45) is 11.7 Å². The number of halogens is 1. The zero-order chi connectivity index (χ0) is 14.9. The zero-order valence-corrected chi connectivity index (χ0v) is 11.7. The second kappa shape index (κ2) is 5.72. The van der Waals surface area contributed by atoms with Crippen molar-refractivity contribution >= 4 is 23.2 Å². The summed E-state index contributed by atoms with van der Waals surface area (Å²) in [6.45, 7) is 2.99. The summed E-state index contributed by atoms with van der Waals surface area (Å²) in [4.78, 5) is 27.8. The number of carbonyl (C=O) groups excluding carboxylic acids is 1. The van der Waals surface area contributed by atoms with Crippen molar-refractivity contribution < 1.29 is 9.72 Å². The number of nitrogens with zero attached hydrogens (tertiary/aromatic N) is 3. The maximum Gasteiger partial charge on any atom is 0.288 e. The molecule has 1 aromatic rings. The third-order valence-corrected chi connectivity index (χ3v) is 3.55. The van der Waals surface area contributed by atoms with Crippen LogP contribution >= 0.6 is 11.6 Å². The Morgan fingerprint density at radius 1 is 1.60 bits per heavy atom. The summed E-state index contributed by atoms with van der Waals surface area (Å²) in [5, 5.41) is 10.7. The predicted molar refractivity (Wildman–Crippen MR) is 73.6 cm³/mol. The Labute approximate surface area is 120 Å². The molecule has 0 aromatic carbocycles. The van der Waals surface area contributed by atoms with Crippen LogP contribution in [0.5, 0.6) is 0 Å². The van der Waals surface area contributed by atoms with Gasteiger partial charge in [-0.1, -0.05) is 18.5 Å². The molecule has 1 fully saturated rings. The van der Waals surface area contributed by atoms with Crippen LogP contribution in [0.3, 0.4) is 0 Å². The second-order valence-corrected chi connectivity index (χ2v) is 5.46. The van der Waals surface area contributed by atoms with Gasteiger partial charge >= 0.3 is 0 Å². The van der Waals surface area contributed by atoms with E-state index in [0.717, 1.165) is 18.7 Å². The van der Waals surface area contributed by atoms with Crippen molar-refractivity contribution in [3.05, 3.63) is 33.1 Å². The van der Waals surface area contributed by atoms with Gasteiger partial charge in [0.25, 0.3) is 11.6 Å². The summed E-state index contributed by atoms with van der Waals surface area (Å²) in [6.07, 6.45) is 1.88. The molecule has 1 aliphatic heterocycles. The molecule has 1 aliphatic rings. The third kappa shape index (κ3) is 3.05. The molecule has 2 N–H and O–H groups in total. The van der Waals surface area contributed by atoms with E-state index < -0.39 is 4.92 Å². The minimum absolute atomic E-state index is 0.0348. The fourth-order valence-corrected chi connectivity index (χ4v) is 2.61. The highest BCUT2D eigenvalue weighted by atomic mass is 35.5. The van der Waals surface area contributed by atoms with Gasteiger partial charge in [0.2, 0.25) is 0 Å². The first-order valence-electron chi connectivity index (χ1n) is 6.23. The summed E-state index contributed by atoms with van der Waals surface area (Å²) < 4.78 is 0.